The van der Waals surface area contributed by atoms with Crippen molar-refractivity contribution >= 4 is 18.0 Å². The highest BCUT2D eigenvalue weighted by molar-refractivity contribution is 6.13. The number of amides is 4. The second kappa shape index (κ2) is 6.01. The third-order valence-electron chi connectivity index (χ3n) is 3.32. The van der Waals surface area contributed by atoms with E-state index in [0.29, 0.717) is 18.8 Å². The molecule has 0 bridgehead atoms. The molecule has 0 spiro atoms. The fourth-order valence-corrected chi connectivity index (χ4v) is 2.17. The summed E-state index contributed by atoms with van der Waals surface area (Å²) in [5.41, 5.74) is 3.62. The summed E-state index contributed by atoms with van der Waals surface area (Å²) >= 11 is 0. The van der Waals surface area contributed by atoms with Gasteiger partial charge in [-0.3, -0.25) is 10.1 Å². The van der Waals surface area contributed by atoms with Crippen molar-refractivity contribution in [3.05, 3.63) is 0 Å². The van der Waals surface area contributed by atoms with E-state index in [1.807, 2.05) is 13.8 Å². The standard InChI is InChI=1S/C14H25N3O4/c1-9(2)6-7-14(8-15)10(18)16-11(19)17(14)12(20)21-13(3,4)5/h9H,6-8,15H2,1-5H3,(H,16,18,19). The Morgan fingerprint density at radius 3 is 2.38 bits per heavy atom. The number of urea groups is 1. The maximum Gasteiger partial charge on any atom is 0.419 e. The van der Waals surface area contributed by atoms with Crippen LogP contribution in [0.4, 0.5) is 9.59 Å². The molecule has 1 aliphatic heterocycles. The van der Waals surface area contributed by atoms with Gasteiger partial charge in [0.1, 0.15) is 11.1 Å². The molecule has 4 amide bonds. The van der Waals surface area contributed by atoms with Gasteiger partial charge in [-0.2, -0.15) is 0 Å². The van der Waals surface area contributed by atoms with E-state index in [9.17, 15) is 14.4 Å². The minimum atomic E-state index is -1.36. The van der Waals surface area contributed by atoms with Gasteiger partial charge in [0.05, 0.1) is 0 Å². The predicted molar refractivity (Wildman–Crippen MR) is 77.5 cm³/mol. The molecule has 21 heavy (non-hydrogen) atoms. The highest BCUT2D eigenvalue weighted by atomic mass is 16.6. The number of nitrogens with two attached hydrogens (primary N) is 1. The summed E-state index contributed by atoms with van der Waals surface area (Å²) in [6.45, 7) is 8.95. The molecule has 0 radical (unpaired) electrons. The fraction of sp³-hybridized carbons (Fsp3) is 0.786. The highest BCUT2D eigenvalue weighted by Gasteiger charge is 2.56. The van der Waals surface area contributed by atoms with Crippen LogP contribution in [0.5, 0.6) is 0 Å². The first-order valence-corrected chi connectivity index (χ1v) is 7.12. The molecule has 7 nitrogen and oxygen atoms in total. The van der Waals surface area contributed by atoms with Gasteiger partial charge >= 0.3 is 12.1 Å². The molecule has 1 fully saturated rings. The monoisotopic (exact) mass is 299 g/mol. The second-order valence-corrected chi connectivity index (χ2v) is 6.74. The van der Waals surface area contributed by atoms with Gasteiger partial charge in [-0.25, -0.2) is 14.5 Å². The zero-order valence-electron chi connectivity index (χ0n) is 13.4. The zero-order valence-corrected chi connectivity index (χ0v) is 13.4. The average molecular weight is 299 g/mol. The molecule has 0 aromatic carbocycles. The first kappa shape index (κ1) is 17.4. The van der Waals surface area contributed by atoms with E-state index in [2.05, 4.69) is 5.32 Å². The van der Waals surface area contributed by atoms with Gasteiger partial charge < -0.3 is 10.5 Å². The van der Waals surface area contributed by atoms with E-state index in [1.165, 1.54) is 0 Å². The molecule has 1 aliphatic rings. The minimum absolute atomic E-state index is 0.128. The first-order chi connectivity index (χ1) is 9.53. The number of hydrogen-bond acceptors (Lipinski definition) is 5. The van der Waals surface area contributed by atoms with Gasteiger partial charge in [-0.15, -0.1) is 0 Å². The maximum atomic E-state index is 12.3. The van der Waals surface area contributed by atoms with Crippen LogP contribution in [0.15, 0.2) is 0 Å². The van der Waals surface area contributed by atoms with Crippen LogP contribution in [0.25, 0.3) is 0 Å². The molecule has 3 N–H and O–H groups in total. The number of rotatable bonds is 4. The van der Waals surface area contributed by atoms with Gasteiger partial charge in [0.2, 0.25) is 0 Å². The molecule has 0 aromatic rings. The summed E-state index contributed by atoms with van der Waals surface area (Å²) in [6, 6.07) is -0.775. The molecule has 1 rings (SSSR count). The topological polar surface area (TPSA) is 102 Å². The lowest BCUT2D eigenvalue weighted by atomic mass is 9.89. The molecular weight excluding hydrogens is 274 g/mol. The summed E-state index contributed by atoms with van der Waals surface area (Å²) < 4.78 is 5.22. The van der Waals surface area contributed by atoms with Crippen LogP contribution in [0.1, 0.15) is 47.5 Å². The zero-order chi connectivity index (χ0) is 16.4. The molecule has 0 aromatic heterocycles. The lowest BCUT2D eigenvalue weighted by Crippen LogP contribution is -2.58. The smallest absolute Gasteiger partial charge is 0.419 e. The Hall–Kier alpha value is -1.63. The lowest BCUT2D eigenvalue weighted by molar-refractivity contribution is -0.126. The maximum absolute atomic E-state index is 12.3. The van der Waals surface area contributed by atoms with Crippen molar-refractivity contribution in [2.45, 2.75) is 58.6 Å². The van der Waals surface area contributed by atoms with Crippen LogP contribution in [0.2, 0.25) is 0 Å². The number of carbonyl (C=O) groups excluding carboxylic acids is 3. The van der Waals surface area contributed by atoms with Crippen molar-refractivity contribution in [1.82, 2.24) is 10.2 Å². The van der Waals surface area contributed by atoms with Crippen LogP contribution in [-0.4, -0.2) is 40.6 Å². The molecule has 0 saturated carbocycles. The van der Waals surface area contributed by atoms with E-state index >= 15 is 0 Å². The molecule has 1 unspecified atom stereocenters. The van der Waals surface area contributed by atoms with Crippen LogP contribution in [-0.2, 0) is 9.53 Å². The summed E-state index contributed by atoms with van der Waals surface area (Å²) in [7, 11) is 0. The quantitative estimate of drug-likeness (QED) is 0.768. The molecule has 0 aliphatic carbocycles. The molecule has 120 valence electrons. The van der Waals surface area contributed by atoms with Gasteiger partial charge in [0.15, 0.2) is 0 Å². The van der Waals surface area contributed by atoms with Crippen LogP contribution < -0.4 is 11.1 Å². The molecular formula is C14H25N3O4. The number of carbonyl (C=O) groups is 3. The van der Waals surface area contributed by atoms with E-state index in [-0.39, 0.29) is 6.54 Å². The normalized spacial score (nSPS) is 22.7. The van der Waals surface area contributed by atoms with E-state index < -0.39 is 29.2 Å². The van der Waals surface area contributed by atoms with Crippen LogP contribution >= 0.6 is 0 Å². The predicted octanol–water partition coefficient (Wildman–Crippen LogP) is 1.61. The van der Waals surface area contributed by atoms with Crippen molar-refractivity contribution in [1.29, 1.82) is 0 Å². The fourth-order valence-electron chi connectivity index (χ4n) is 2.17. The Labute approximate surface area is 125 Å². The largest absolute Gasteiger partial charge is 0.443 e. The van der Waals surface area contributed by atoms with Crippen molar-refractivity contribution in [3.8, 4) is 0 Å². The Morgan fingerprint density at radius 1 is 1.38 bits per heavy atom. The summed E-state index contributed by atoms with van der Waals surface area (Å²) in [5, 5.41) is 2.17. The average Bonchev–Trinajstić information content (AvgIpc) is 2.55. The summed E-state index contributed by atoms with van der Waals surface area (Å²) in [4.78, 5) is 37.2. The third-order valence-corrected chi connectivity index (χ3v) is 3.32. The van der Waals surface area contributed by atoms with E-state index in [1.54, 1.807) is 20.8 Å². The van der Waals surface area contributed by atoms with Crippen molar-refractivity contribution in [2.75, 3.05) is 6.54 Å². The van der Waals surface area contributed by atoms with Gasteiger partial charge in [0, 0.05) is 6.54 Å². The van der Waals surface area contributed by atoms with Gasteiger partial charge in [-0.05, 0) is 39.5 Å². The minimum Gasteiger partial charge on any atom is -0.443 e. The Morgan fingerprint density at radius 2 is 1.95 bits per heavy atom. The number of nitrogens with zero attached hydrogens (tertiary/aromatic N) is 1. The second-order valence-electron chi connectivity index (χ2n) is 6.74. The third kappa shape index (κ3) is 3.72. The molecule has 1 saturated heterocycles. The number of hydrogen-bond donors (Lipinski definition) is 2. The van der Waals surface area contributed by atoms with Gasteiger partial charge in [-0.1, -0.05) is 13.8 Å². The Bertz CT molecular complexity index is 442. The first-order valence-electron chi connectivity index (χ1n) is 7.12. The number of imide groups is 2. The van der Waals surface area contributed by atoms with Crippen LogP contribution in [0.3, 0.4) is 0 Å². The number of nitrogens with one attached hydrogen (secondary N) is 1. The van der Waals surface area contributed by atoms with Crippen molar-refractivity contribution in [3.63, 3.8) is 0 Å². The molecule has 1 atom stereocenters. The SMILES string of the molecule is CC(C)CCC1(CN)C(=O)NC(=O)N1C(=O)OC(C)(C)C. The van der Waals surface area contributed by atoms with Gasteiger partial charge in [0.25, 0.3) is 5.91 Å². The summed E-state index contributed by atoms with van der Waals surface area (Å²) in [5.74, 6) is -0.223. The van der Waals surface area contributed by atoms with Crippen molar-refractivity contribution in [2.24, 2.45) is 11.7 Å². The highest BCUT2D eigenvalue weighted by Crippen LogP contribution is 2.29. The van der Waals surface area contributed by atoms with Crippen molar-refractivity contribution < 1.29 is 19.1 Å². The molecule has 1 heterocycles. The lowest BCUT2D eigenvalue weighted by Gasteiger charge is -2.34. The Kier molecular flexibility index (Phi) is 4.99. The molecule has 7 heteroatoms. The Balaban J connectivity index is 3.08. The van der Waals surface area contributed by atoms with E-state index in [4.69, 9.17) is 10.5 Å². The van der Waals surface area contributed by atoms with Crippen LogP contribution in [0, 0.1) is 5.92 Å². The summed E-state index contributed by atoms with van der Waals surface area (Å²) in [6.07, 6.45) is 0.134. The van der Waals surface area contributed by atoms with E-state index in [0.717, 1.165) is 4.90 Å². The number of ether oxygens (including phenoxy) is 1.